The van der Waals surface area contributed by atoms with Gasteiger partial charge in [-0.3, -0.25) is 5.32 Å². The second kappa shape index (κ2) is 8.92. The van der Waals surface area contributed by atoms with E-state index < -0.39 is 18.1 Å². The molecule has 152 valence electrons. The Morgan fingerprint density at radius 3 is 2.64 bits per heavy atom. The molecule has 0 aliphatic rings. The minimum absolute atomic E-state index is 0.0547. The molecule has 2 rings (SSSR count). The predicted octanol–water partition coefficient (Wildman–Crippen LogP) is 4.31. The van der Waals surface area contributed by atoms with Gasteiger partial charge in [-0.05, 0) is 43.0 Å². The van der Waals surface area contributed by atoms with Gasteiger partial charge >= 0.3 is 6.09 Å². The number of anilines is 1. The number of nitrogens with two attached hydrogens (primary N) is 1. The summed E-state index contributed by atoms with van der Waals surface area (Å²) < 4.78 is 32.6. The zero-order valence-electron chi connectivity index (χ0n) is 15.9. The number of aromatic nitrogens is 2. The second-order valence-electron chi connectivity index (χ2n) is 7.32. The van der Waals surface area contributed by atoms with E-state index in [2.05, 4.69) is 15.3 Å². The molecule has 0 spiro atoms. The third-order valence-corrected chi connectivity index (χ3v) is 3.86. The van der Waals surface area contributed by atoms with Crippen molar-refractivity contribution >= 4 is 11.9 Å². The average Bonchev–Trinajstić information content (AvgIpc) is 2.58. The number of ether oxygens (including phenoxy) is 1. The minimum atomic E-state index is -2.80. The molecule has 2 aromatic rings. The Bertz CT molecular complexity index is 829. The van der Waals surface area contributed by atoms with Crippen molar-refractivity contribution in [1.82, 2.24) is 9.97 Å². The van der Waals surface area contributed by atoms with Gasteiger partial charge in [0.1, 0.15) is 12.4 Å². The summed E-state index contributed by atoms with van der Waals surface area (Å²) in [6.07, 6.45) is -0.636. The van der Waals surface area contributed by atoms with Crippen LogP contribution in [0.3, 0.4) is 0 Å². The lowest BCUT2D eigenvalue weighted by atomic mass is 9.93. The molecule has 28 heavy (non-hydrogen) atoms. The molecule has 0 saturated heterocycles. The van der Waals surface area contributed by atoms with Gasteiger partial charge in [0.15, 0.2) is 0 Å². The molecule has 1 unspecified atom stereocenters. The highest BCUT2D eigenvalue weighted by molar-refractivity contribution is 5.82. The maximum absolute atomic E-state index is 13.6. The molecule has 2 aromatic heterocycles. The van der Waals surface area contributed by atoms with Crippen molar-refractivity contribution in [2.45, 2.75) is 39.2 Å². The van der Waals surface area contributed by atoms with E-state index in [9.17, 15) is 13.6 Å². The second-order valence-corrected chi connectivity index (χ2v) is 7.32. The smallest absolute Gasteiger partial charge is 0.410 e. The van der Waals surface area contributed by atoms with Gasteiger partial charge in [-0.2, -0.15) is 0 Å². The van der Waals surface area contributed by atoms with Crippen LogP contribution in [0, 0.1) is 5.92 Å². The molecule has 4 N–H and O–H groups in total. The summed E-state index contributed by atoms with van der Waals surface area (Å²) in [6, 6.07) is 4.27. The van der Waals surface area contributed by atoms with Crippen LogP contribution in [0.1, 0.15) is 39.2 Å². The number of pyridine rings is 2. The van der Waals surface area contributed by atoms with E-state index in [0.29, 0.717) is 23.5 Å². The fourth-order valence-electron chi connectivity index (χ4n) is 2.92. The van der Waals surface area contributed by atoms with Gasteiger partial charge in [-0.25, -0.2) is 23.5 Å². The first-order valence-corrected chi connectivity index (χ1v) is 8.73. The molecule has 1 amide bonds. The van der Waals surface area contributed by atoms with Crippen LogP contribution < -0.4 is 15.8 Å². The highest BCUT2D eigenvalue weighted by atomic mass is 19.3. The van der Waals surface area contributed by atoms with Crippen LogP contribution in [0.4, 0.5) is 19.4 Å². The zero-order valence-corrected chi connectivity index (χ0v) is 15.9. The largest absolute Gasteiger partial charge is 0.475 e. The molecular formula is C19H24F2N4O3. The van der Waals surface area contributed by atoms with Gasteiger partial charge in [0.05, 0.1) is 5.56 Å². The summed E-state index contributed by atoms with van der Waals surface area (Å²) in [5, 5.41) is 10.9. The van der Waals surface area contributed by atoms with Crippen LogP contribution in [-0.4, -0.2) is 33.3 Å². The van der Waals surface area contributed by atoms with Gasteiger partial charge < -0.3 is 15.6 Å². The van der Waals surface area contributed by atoms with E-state index in [0.717, 1.165) is 0 Å². The number of amides is 1. The molecule has 7 nitrogen and oxygen atoms in total. The summed E-state index contributed by atoms with van der Waals surface area (Å²) in [4.78, 5) is 18.6. The van der Waals surface area contributed by atoms with Crippen LogP contribution in [0.2, 0.25) is 0 Å². The van der Waals surface area contributed by atoms with Crippen molar-refractivity contribution in [2.75, 3.05) is 11.9 Å². The Kier molecular flexibility index (Phi) is 6.85. The molecule has 0 aliphatic carbocycles. The lowest BCUT2D eigenvalue weighted by Crippen LogP contribution is -2.43. The van der Waals surface area contributed by atoms with E-state index in [1.807, 2.05) is 13.8 Å². The Morgan fingerprint density at radius 1 is 1.32 bits per heavy atom. The minimum Gasteiger partial charge on any atom is -0.475 e. The SMILES string of the molecule is CC(C)CC(C)(N)COc1ncc(-c2ccnc(NC(=O)O)c2)cc1C(F)F. The first-order chi connectivity index (χ1) is 13.1. The van der Waals surface area contributed by atoms with E-state index in [4.69, 9.17) is 15.6 Å². The molecule has 0 aromatic carbocycles. The van der Waals surface area contributed by atoms with Gasteiger partial charge in [0.25, 0.3) is 6.43 Å². The number of hydrogen-bond donors (Lipinski definition) is 3. The topological polar surface area (TPSA) is 110 Å². The summed E-state index contributed by atoms with van der Waals surface area (Å²) in [5.74, 6) is 0.248. The van der Waals surface area contributed by atoms with Crippen LogP contribution >= 0.6 is 0 Å². The third-order valence-electron chi connectivity index (χ3n) is 3.86. The fourth-order valence-corrected chi connectivity index (χ4v) is 2.92. The third kappa shape index (κ3) is 6.12. The maximum Gasteiger partial charge on any atom is 0.410 e. The Labute approximate surface area is 162 Å². The summed E-state index contributed by atoms with van der Waals surface area (Å²) in [7, 11) is 0. The van der Waals surface area contributed by atoms with E-state index in [-0.39, 0.29) is 23.9 Å². The van der Waals surface area contributed by atoms with Crippen molar-refractivity contribution in [3.8, 4) is 17.0 Å². The molecule has 9 heteroatoms. The van der Waals surface area contributed by atoms with E-state index >= 15 is 0 Å². The Morgan fingerprint density at radius 2 is 2.04 bits per heavy atom. The summed E-state index contributed by atoms with van der Waals surface area (Å²) in [6.45, 7) is 5.90. The van der Waals surface area contributed by atoms with Crippen molar-refractivity contribution in [3.05, 3.63) is 36.2 Å². The van der Waals surface area contributed by atoms with Gasteiger partial charge in [-0.15, -0.1) is 0 Å². The lowest BCUT2D eigenvalue weighted by molar-refractivity contribution is 0.137. The Balaban J connectivity index is 2.27. The highest BCUT2D eigenvalue weighted by Gasteiger charge is 2.24. The molecule has 0 bridgehead atoms. The van der Waals surface area contributed by atoms with Gasteiger partial charge in [0.2, 0.25) is 5.88 Å². The fraction of sp³-hybridized carbons (Fsp3) is 0.421. The predicted molar refractivity (Wildman–Crippen MR) is 102 cm³/mol. The molecule has 0 aliphatic heterocycles. The number of nitrogens with one attached hydrogen (secondary N) is 1. The quantitative estimate of drug-likeness (QED) is 0.615. The summed E-state index contributed by atoms with van der Waals surface area (Å²) >= 11 is 0. The van der Waals surface area contributed by atoms with Crippen LogP contribution in [-0.2, 0) is 0 Å². The highest BCUT2D eigenvalue weighted by Crippen LogP contribution is 2.32. The number of alkyl halides is 2. The van der Waals surface area contributed by atoms with Crippen molar-refractivity contribution in [3.63, 3.8) is 0 Å². The maximum atomic E-state index is 13.6. The van der Waals surface area contributed by atoms with Crippen LogP contribution in [0.25, 0.3) is 11.1 Å². The Hall–Kier alpha value is -2.81. The molecular weight excluding hydrogens is 370 g/mol. The standard InChI is InChI=1S/C19H24F2N4O3/c1-11(2)8-19(3,22)10-28-17-14(16(20)21)6-13(9-24-17)12-4-5-23-15(7-12)25-18(26)27/h4-7,9,11,16H,8,10,22H2,1-3H3,(H,23,25)(H,26,27). The molecule has 1 atom stereocenters. The average molecular weight is 394 g/mol. The van der Waals surface area contributed by atoms with E-state index in [1.54, 1.807) is 13.0 Å². The monoisotopic (exact) mass is 394 g/mol. The normalized spacial score (nSPS) is 13.4. The van der Waals surface area contributed by atoms with Gasteiger partial charge in [0, 0.05) is 23.5 Å². The first kappa shape index (κ1) is 21.5. The number of carbonyl (C=O) groups is 1. The molecule has 0 fully saturated rings. The van der Waals surface area contributed by atoms with Crippen molar-refractivity contribution in [2.24, 2.45) is 11.7 Å². The summed E-state index contributed by atoms with van der Waals surface area (Å²) in [5.41, 5.74) is 6.01. The molecule has 0 radical (unpaired) electrons. The van der Waals surface area contributed by atoms with Crippen LogP contribution in [0.15, 0.2) is 30.6 Å². The number of hydrogen-bond acceptors (Lipinski definition) is 5. The van der Waals surface area contributed by atoms with Gasteiger partial charge in [-0.1, -0.05) is 13.8 Å². The number of halogens is 2. The number of carboxylic acid groups (broad SMARTS) is 1. The number of nitrogens with zero attached hydrogens (tertiary/aromatic N) is 2. The lowest BCUT2D eigenvalue weighted by Gasteiger charge is -2.26. The van der Waals surface area contributed by atoms with Crippen LogP contribution in [0.5, 0.6) is 5.88 Å². The molecule has 0 saturated carbocycles. The first-order valence-electron chi connectivity index (χ1n) is 8.73. The zero-order chi connectivity index (χ0) is 20.9. The van der Waals surface area contributed by atoms with Crippen molar-refractivity contribution in [1.29, 1.82) is 0 Å². The van der Waals surface area contributed by atoms with E-state index in [1.165, 1.54) is 24.5 Å². The van der Waals surface area contributed by atoms with Crippen molar-refractivity contribution < 1.29 is 23.4 Å². The number of rotatable bonds is 8. The molecule has 2 heterocycles.